The van der Waals surface area contributed by atoms with E-state index in [1.54, 1.807) is 0 Å². The molecule has 0 aromatic heterocycles. The van der Waals surface area contributed by atoms with E-state index in [4.69, 9.17) is 10.2 Å². The van der Waals surface area contributed by atoms with Crippen molar-refractivity contribution in [1.29, 1.82) is 0 Å². The molecule has 0 radical (unpaired) electrons. The zero-order valence-electron chi connectivity index (χ0n) is 30.9. The third kappa shape index (κ3) is 4.29. The highest BCUT2D eigenvalue weighted by atomic mass is 16.3. The average Bonchev–Trinajstić information content (AvgIpc) is 3.38. The fourth-order valence-electron chi connectivity index (χ4n) is 15.7. The molecule has 0 amide bonds. The van der Waals surface area contributed by atoms with Crippen molar-refractivity contribution in [2.45, 2.75) is 169 Å². The Labute approximate surface area is 281 Å². The first-order chi connectivity index (χ1) is 21.5. The molecule has 8 aliphatic carbocycles. The Bertz CT molecular complexity index is 1200. The minimum atomic E-state index is -0.484. The fraction of sp³-hybridized carbons (Fsp3) is 0.952. The molecule has 2 N–H and O–H groups in total. The van der Waals surface area contributed by atoms with Crippen molar-refractivity contribution in [2.24, 2.45) is 91.0 Å². The van der Waals surface area contributed by atoms with E-state index >= 15 is 0 Å². The van der Waals surface area contributed by atoms with Crippen LogP contribution in [0.4, 0.5) is 0 Å². The van der Waals surface area contributed by atoms with Crippen LogP contribution in [0.3, 0.4) is 0 Å². The van der Waals surface area contributed by atoms with E-state index in [1.807, 2.05) is 0 Å². The van der Waals surface area contributed by atoms with Gasteiger partial charge in [0.25, 0.3) is 0 Å². The molecule has 0 spiro atoms. The van der Waals surface area contributed by atoms with Crippen molar-refractivity contribution in [3.8, 4) is 0 Å². The Hall–Kier alpha value is -0.740. The summed E-state index contributed by atoms with van der Waals surface area (Å²) < 4.78 is 0. The Morgan fingerprint density at radius 1 is 0.500 bits per heavy atom. The third-order valence-corrected chi connectivity index (χ3v) is 19.1. The zero-order valence-corrected chi connectivity index (χ0v) is 30.9. The van der Waals surface area contributed by atoms with Gasteiger partial charge >= 0.3 is 0 Å². The number of hydrogen-bond acceptors (Lipinski definition) is 4. The molecule has 0 bridgehead atoms. The molecule has 4 nitrogen and oxygen atoms in total. The summed E-state index contributed by atoms with van der Waals surface area (Å²) in [5, 5.41) is 33.1. The van der Waals surface area contributed by atoms with Crippen LogP contribution in [0.15, 0.2) is 10.2 Å². The summed E-state index contributed by atoms with van der Waals surface area (Å²) in [6, 6.07) is 0. The van der Waals surface area contributed by atoms with Gasteiger partial charge in [0.2, 0.25) is 0 Å². The van der Waals surface area contributed by atoms with E-state index in [0.29, 0.717) is 34.5 Å². The van der Waals surface area contributed by atoms with Gasteiger partial charge < -0.3 is 10.2 Å². The van der Waals surface area contributed by atoms with Gasteiger partial charge in [-0.3, -0.25) is 0 Å². The minimum Gasteiger partial charge on any atom is -0.390 e. The second kappa shape index (κ2) is 10.4. The Balaban J connectivity index is 0.969. The molecule has 8 fully saturated rings. The van der Waals surface area contributed by atoms with E-state index in [-0.39, 0.29) is 10.8 Å². The number of nitrogens with zero attached hydrogens (tertiary/aromatic N) is 2. The maximum absolute atomic E-state index is 11.3. The molecule has 0 aromatic carbocycles. The highest BCUT2D eigenvalue weighted by Crippen LogP contribution is 2.70. The lowest BCUT2D eigenvalue weighted by molar-refractivity contribution is -0.142. The molecule has 8 aliphatic rings. The predicted molar refractivity (Wildman–Crippen MR) is 189 cm³/mol. The fourth-order valence-corrected chi connectivity index (χ4v) is 15.7. The molecule has 0 aromatic rings. The van der Waals surface area contributed by atoms with Crippen molar-refractivity contribution in [3.05, 3.63) is 0 Å². The Morgan fingerprint density at radius 2 is 0.870 bits per heavy atom. The quantitative estimate of drug-likeness (QED) is 0.283. The zero-order chi connectivity index (χ0) is 32.7. The molecule has 16 atom stereocenters. The molecule has 8 saturated carbocycles. The second-order valence-corrected chi connectivity index (χ2v) is 20.7. The van der Waals surface area contributed by atoms with Gasteiger partial charge in [0, 0.05) is 11.4 Å². The summed E-state index contributed by atoms with van der Waals surface area (Å²) in [4.78, 5) is 0. The molecule has 46 heavy (non-hydrogen) atoms. The largest absolute Gasteiger partial charge is 0.390 e. The molecular formula is C42H68N2O2. The highest BCUT2D eigenvalue weighted by Gasteiger charge is 2.65. The van der Waals surface area contributed by atoms with Gasteiger partial charge in [-0.25, -0.2) is 0 Å². The van der Waals surface area contributed by atoms with Crippen LogP contribution < -0.4 is 0 Å². The lowest BCUT2D eigenvalue weighted by atomic mass is 9.43. The monoisotopic (exact) mass is 633 g/mol. The van der Waals surface area contributed by atoms with Gasteiger partial charge in [0.05, 0.1) is 11.2 Å². The minimum absolute atomic E-state index is 0.112. The standard InChI is InChI=1S/C42H68N2O2/c1-25-23-37(3)27(9-11-29-31(37)13-17-39(5)33(29)15-19-41(39,7)45)21-35(25)43-44-36-22-28-10-12-30-32(38(28,4)24-26(36)2)14-18-40(6)34(30)16-20-42(40,8)46/h25-34,45-46H,9-24H2,1-8H3/b43-35-,44-36-/t25-,26-,27+,28+,29-,30-,31+,32+,33+,34+,37+,38+,39+,40+,41+,42+/m1/s1. The van der Waals surface area contributed by atoms with Crippen molar-refractivity contribution >= 4 is 11.4 Å². The van der Waals surface area contributed by atoms with Gasteiger partial charge in [-0.15, -0.1) is 0 Å². The van der Waals surface area contributed by atoms with Gasteiger partial charge in [-0.05, 0) is 197 Å². The van der Waals surface area contributed by atoms with E-state index in [1.165, 1.54) is 88.5 Å². The maximum Gasteiger partial charge on any atom is 0.0675 e. The van der Waals surface area contributed by atoms with Gasteiger partial charge in [-0.1, -0.05) is 41.5 Å². The molecule has 4 heteroatoms. The third-order valence-electron chi connectivity index (χ3n) is 19.1. The summed E-state index contributed by atoms with van der Waals surface area (Å²) in [7, 11) is 0. The van der Waals surface area contributed by atoms with Crippen LogP contribution in [0.2, 0.25) is 0 Å². The maximum atomic E-state index is 11.3. The normalized spacial score (nSPS) is 61.3. The molecule has 0 aliphatic heterocycles. The van der Waals surface area contributed by atoms with E-state index in [2.05, 4.69) is 55.4 Å². The molecule has 0 saturated heterocycles. The topological polar surface area (TPSA) is 65.2 Å². The first-order valence-corrected chi connectivity index (χ1v) is 20.1. The first kappa shape index (κ1) is 32.5. The predicted octanol–water partition coefficient (Wildman–Crippen LogP) is 9.86. The molecular weight excluding hydrogens is 564 g/mol. The second-order valence-electron chi connectivity index (χ2n) is 20.7. The van der Waals surface area contributed by atoms with E-state index in [9.17, 15) is 10.2 Å². The molecule has 0 heterocycles. The number of hydrogen-bond donors (Lipinski definition) is 2. The summed E-state index contributed by atoms with van der Waals surface area (Å²) in [6.07, 6.45) is 19.7. The summed E-state index contributed by atoms with van der Waals surface area (Å²) in [5.41, 5.74) is 2.86. The van der Waals surface area contributed by atoms with Gasteiger partial charge in [0.1, 0.15) is 0 Å². The van der Waals surface area contributed by atoms with Crippen molar-refractivity contribution in [3.63, 3.8) is 0 Å². The van der Waals surface area contributed by atoms with Crippen LogP contribution in [0.25, 0.3) is 0 Å². The van der Waals surface area contributed by atoms with Crippen LogP contribution in [-0.4, -0.2) is 32.8 Å². The summed E-state index contributed by atoms with van der Waals surface area (Å²) in [6.45, 7) is 19.4. The molecule has 8 rings (SSSR count). The number of rotatable bonds is 1. The van der Waals surface area contributed by atoms with Crippen LogP contribution in [0.1, 0.15) is 158 Å². The van der Waals surface area contributed by atoms with Gasteiger partial charge in [0.15, 0.2) is 0 Å². The first-order valence-electron chi connectivity index (χ1n) is 20.1. The highest BCUT2D eigenvalue weighted by molar-refractivity contribution is 5.91. The Kier molecular flexibility index (Phi) is 7.34. The smallest absolute Gasteiger partial charge is 0.0675 e. The van der Waals surface area contributed by atoms with Crippen LogP contribution in [0, 0.1) is 80.8 Å². The SMILES string of the molecule is C[C@@H]1C[C@@]2(C)[C@@H](CC[C@@H]3[C@@H]2CC[C@@]2(C)[C@H]3CC[C@]2(C)O)C/C1=N/N=C1/C[C@@H]2CC[C@@H]3[C@H](CC[C@@]4(C)[C@H]3CC[C@]4(C)O)[C@@]2(C)C[C@H]1C. The summed E-state index contributed by atoms with van der Waals surface area (Å²) in [5.74, 6) is 7.15. The van der Waals surface area contributed by atoms with Crippen molar-refractivity contribution in [1.82, 2.24) is 0 Å². The van der Waals surface area contributed by atoms with E-state index in [0.717, 1.165) is 61.2 Å². The summed E-state index contributed by atoms with van der Waals surface area (Å²) >= 11 is 0. The van der Waals surface area contributed by atoms with E-state index < -0.39 is 11.2 Å². The number of fused-ring (bicyclic) bond motifs is 10. The Morgan fingerprint density at radius 3 is 1.26 bits per heavy atom. The molecule has 258 valence electrons. The average molecular weight is 633 g/mol. The van der Waals surface area contributed by atoms with Crippen molar-refractivity contribution < 1.29 is 10.2 Å². The lowest BCUT2D eigenvalue weighted by Crippen LogP contribution is -2.57. The van der Waals surface area contributed by atoms with Crippen LogP contribution >= 0.6 is 0 Å². The van der Waals surface area contributed by atoms with Crippen LogP contribution in [-0.2, 0) is 0 Å². The lowest BCUT2D eigenvalue weighted by Gasteiger charge is -2.62. The molecule has 0 unspecified atom stereocenters. The van der Waals surface area contributed by atoms with Crippen molar-refractivity contribution in [2.75, 3.05) is 0 Å². The number of aliphatic hydroxyl groups is 2. The van der Waals surface area contributed by atoms with Gasteiger partial charge in [-0.2, -0.15) is 10.2 Å². The van der Waals surface area contributed by atoms with Crippen LogP contribution in [0.5, 0.6) is 0 Å².